The van der Waals surface area contributed by atoms with E-state index in [1.165, 1.54) is 17.5 Å². The Morgan fingerprint density at radius 1 is 1.40 bits per heavy atom. The number of hydrogen-bond donors (Lipinski definition) is 0. The fourth-order valence-corrected chi connectivity index (χ4v) is 1.51. The van der Waals surface area contributed by atoms with Crippen molar-refractivity contribution in [3.63, 3.8) is 0 Å². The SMILES string of the molecule is C=CC1Cc2ccccc21. The van der Waals surface area contributed by atoms with Crippen molar-refractivity contribution in [2.45, 2.75) is 12.3 Å². The van der Waals surface area contributed by atoms with Crippen molar-refractivity contribution in [2.24, 2.45) is 0 Å². The first-order valence-corrected chi connectivity index (χ1v) is 3.62. The predicted octanol–water partition coefficient (Wildman–Crippen LogP) is 2.51. The van der Waals surface area contributed by atoms with Gasteiger partial charge in [0.1, 0.15) is 0 Å². The molecule has 1 atom stereocenters. The van der Waals surface area contributed by atoms with E-state index in [0.717, 1.165) is 0 Å². The van der Waals surface area contributed by atoms with Crippen molar-refractivity contribution >= 4 is 0 Å². The summed E-state index contributed by atoms with van der Waals surface area (Å²) in [6.07, 6.45) is 3.22. The predicted molar refractivity (Wildman–Crippen MR) is 43.1 cm³/mol. The van der Waals surface area contributed by atoms with E-state index in [-0.39, 0.29) is 0 Å². The highest BCUT2D eigenvalue weighted by molar-refractivity contribution is 5.42. The molecule has 0 aliphatic heterocycles. The number of hydrogen-bond acceptors (Lipinski definition) is 0. The first-order chi connectivity index (χ1) is 4.92. The van der Waals surface area contributed by atoms with Crippen LogP contribution in [0.4, 0.5) is 0 Å². The number of allylic oxidation sites excluding steroid dienone is 1. The average molecular weight is 130 g/mol. The van der Waals surface area contributed by atoms with Gasteiger partial charge in [0, 0.05) is 5.92 Å². The van der Waals surface area contributed by atoms with Crippen molar-refractivity contribution in [1.82, 2.24) is 0 Å². The Hall–Kier alpha value is -1.04. The van der Waals surface area contributed by atoms with Gasteiger partial charge in [-0.1, -0.05) is 30.3 Å². The molecule has 0 fully saturated rings. The quantitative estimate of drug-likeness (QED) is 0.512. The van der Waals surface area contributed by atoms with Crippen LogP contribution in [-0.4, -0.2) is 0 Å². The summed E-state index contributed by atoms with van der Waals surface area (Å²) in [6.45, 7) is 3.78. The zero-order valence-electron chi connectivity index (χ0n) is 5.88. The van der Waals surface area contributed by atoms with Crippen LogP contribution in [0.5, 0.6) is 0 Å². The van der Waals surface area contributed by atoms with Crippen molar-refractivity contribution in [3.8, 4) is 0 Å². The highest BCUT2D eigenvalue weighted by Crippen LogP contribution is 2.34. The van der Waals surface area contributed by atoms with Gasteiger partial charge in [0.15, 0.2) is 0 Å². The third-order valence-corrected chi connectivity index (χ3v) is 2.18. The molecule has 1 aliphatic rings. The highest BCUT2D eigenvalue weighted by atomic mass is 14.2. The Balaban J connectivity index is 2.42. The van der Waals surface area contributed by atoms with E-state index < -0.39 is 0 Å². The second-order valence-corrected chi connectivity index (χ2v) is 2.75. The van der Waals surface area contributed by atoms with Gasteiger partial charge >= 0.3 is 0 Å². The lowest BCUT2D eigenvalue weighted by molar-refractivity contribution is 0.734. The van der Waals surface area contributed by atoms with E-state index in [0.29, 0.717) is 5.92 Å². The number of fused-ring (bicyclic) bond motifs is 1. The third-order valence-electron chi connectivity index (χ3n) is 2.18. The topological polar surface area (TPSA) is 0 Å². The van der Waals surface area contributed by atoms with Crippen LogP contribution in [0.25, 0.3) is 0 Å². The van der Waals surface area contributed by atoms with Crippen molar-refractivity contribution in [3.05, 3.63) is 48.0 Å². The third kappa shape index (κ3) is 0.621. The zero-order chi connectivity index (χ0) is 6.97. The molecule has 0 saturated heterocycles. The lowest BCUT2D eigenvalue weighted by Crippen LogP contribution is -2.13. The summed E-state index contributed by atoms with van der Waals surface area (Å²) in [5.74, 6) is 0.635. The summed E-state index contributed by atoms with van der Waals surface area (Å²) in [7, 11) is 0. The Morgan fingerprint density at radius 3 is 2.90 bits per heavy atom. The molecule has 0 N–H and O–H groups in total. The molecule has 1 aliphatic carbocycles. The van der Waals surface area contributed by atoms with Gasteiger partial charge in [-0.25, -0.2) is 0 Å². The van der Waals surface area contributed by atoms with Crippen LogP contribution in [0.3, 0.4) is 0 Å². The van der Waals surface area contributed by atoms with Crippen molar-refractivity contribution in [2.75, 3.05) is 0 Å². The zero-order valence-corrected chi connectivity index (χ0v) is 5.88. The number of benzene rings is 1. The Bertz CT molecular complexity index is 260. The van der Waals surface area contributed by atoms with Crippen molar-refractivity contribution in [1.29, 1.82) is 0 Å². The maximum atomic E-state index is 3.78. The van der Waals surface area contributed by atoms with E-state index in [4.69, 9.17) is 0 Å². The van der Waals surface area contributed by atoms with Gasteiger partial charge in [-0.3, -0.25) is 0 Å². The van der Waals surface area contributed by atoms with E-state index in [1.807, 2.05) is 6.08 Å². The van der Waals surface area contributed by atoms with Crippen LogP contribution in [0.15, 0.2) is 36.9 Å². The second kappa shape index (κ2) is 1.98. The first kappa shape index (κ1) is 5.72. The van der Waals surface area contributed by atoms with Gasteiger partial charge in [0.05, 0.1) is 0 Å². The van der Waals surface area contributed by atoms with Crippen molar-refractivity contribution < 1.29 is 0 Å². The lowest BCUT2D eigenvalue weighted by Gasteiger charge is -2.26. The molecule has 1 aromatic carbocycles. The molecule has 0 aromatic heterocycles. The van der Waals surface area contributed by atoms with E-state index in [9.17, 15) is 0 Å². The van der Waals surface area contributed by atoms with Crippen LogP contribution in [-0.2, 0) is 6.42 Å². The molecule has 1 aromatic rings. The maximum Gasteiger partial charge on any atom is 0.00585 e. The molecule has 0 saturated carbocycles. The molecule has 0 amide bonds. The fraction of sp³-hybridized carbons (Fsp3) is 0.200. The Kier molecular flexibility index (Phi) is 1.13. The largest absolute Gasteiger partial charge is 0.102 e. The maximum absolute atomic E-state index is 3.78. The summed E-state index contributed by atoms with van der Waals surface area (Å²) in [5, 5.41) is 0. The molecule has 0 nitrogen and oxygen atoms in total. The monoisotopic (exact) mass is 130 g/mol. The Labute approximate surface area is 61.2 Å². The molecule has 50 valence electrons. The fourth-order valence-electron chi connectivity index (χ4n) is 1.51. The molecule has 0 bridgehead atoms. The molecule has 2 rings (SSSR count). The lowest BCUT2D eigenvalue weighted by atomic mass is 9.78. The van der Waals surface area contributed by atoms with E-state index in [2.05, 4.69) is 30.8 Å². The molecule has 0 heterocycles. The van der Waals surface area contributed by atoms with Crippen LogP contribution in [0.1, 0.15) is 17.0 Å². The molecular formula is C10H10. The van der Waals surface area contributed by atoms with Crippen LogP contribution >= 0.6 is 0 Å². The minimum absolute atomic E-state index is 0.635. The van der Waals surface area contributed by atoms with Gasteiger partial charge in [0.25, 0.3) is 0 Å². The van der Waals surface area contributed by atoms with Crippen LogP contribution < -0.4 is 0 Å². The molecule has 0 heteroatoms. The summed E-state index contributed by atoms with van der Waals surface area (Å²) in [4.78, 5) is 0. The second-order valence-electron chi connectivity index (χ2n) is 2.75. The highest BCUT2D eigenvalue weighted by Gasteiger charge is 2.21. The van der Waals surface area contributed by atoms with Gasteiger partial charge in [-0.15, -0.1) is 6.58 Å². The van der Waals surface area contributed by atoms with E-state index in [1.54, 1.807) is 0 Å². The minimum atomic E-state index is 0.635. The summed E-state index contributed by atoms with van der Waals surface area (Å²) < 4.78 is 0. The van der Waals surface area contributed by atoms with Gasteiger partial charge < -0.3 is 0 Å². The van der Waals surface area contributed by atoms with Gasteiger partial charge in [-0.2, -0.15) is 0 Å². The van der Waals surface area contributed by atoms with Crippen LogP contribution in [0, 0.1) is 0 Å². The van der Waals surface area contributed by atoms with Crippen LogP contribution in [0.2, 0.25) is 0 Å². The Morgan fingerprint density at radius 2 is 2.20 bits per heavy atom. The normalized spacial score (nSPS) is 21.0. The van der Waals surface area contributed by atoms with E-state index >= 15 is 0 Å². The molecule has 10 heavy (non-hydrogen) atoms. The number of rotatable bonds is 1. The minimum Gasteiger partial charge on any atom is -0.102 e. The van der Waals surface area contributed by atoms with Gasteiger partial charge in [-0.05, 0) is 17.5 Å². The average Bonchev–Trinajstić information content (AvgIpc) is 1.92. The summed E-state index contributed by atoms with van der Waals surface area (Å²) >= 11 is 0. The molecule has 1 unspecified atom stereocenters. The summed E-state index contributed by atoms with van der Waals surface area (Å²) in [5.41, 5.74) is 2.96. The summed E-state index contributed by atoms with van der Waals surface area (Å²) in [6, 6.07) is 8.56. The molecular weight excluding hydrogens is 120 g/mol. The van der Waals surface area contributed by atoms with Gasteiger partial charge in [0.2, 0.25) is 0 Å². The standard InChI is InChI=1S/C10H10/c1-2-8-7-9-5-3-4-6-10(8)9/h2-6,8H,1,7H2. The smallest absolute Gasteiger partial charge is 0.00585 e. The molecule has 0 radical (unpaired) electrons. The molecule has 0 spiro atoms. The first-order valence-electron chi connectivity index (χ1n) is 3.62.